The van der Waals surface area contributed by atoms with Crippen molar-refractivity contribution in [1.82, 2.24) is 15.5 Å². The number of aliphatic hydroxyl groups excluding tert-OH is 3. The van der Waals surface area contributed by atoms with Gasteiger partial charge < -0.3 is 35.4 Å². The third kappa shape index (κ3) is 17.9. The predicted octanol–water partition coefficient (Wildman–Crippen LogP) is 7.57. The fourth-order valence-electron chi connectivity index (χ4n) is 6.44. The number of carbonyl (C=O) groups is 2. The summed E-state index contributed by atoms with van der Waals surface area (Å²) in [6, 6.07) is 7.68. The molecule has 1 aromatic carbocycles. The van der Waals surface area contributed by atoms with E-state index in [2.05, 4.69) is 24.5 Å². The molecule has 1 aliphatic heterocycles. The minimum Gasteiger partial charge on any atom is -0.445 e. The van der Waals surface area contributed by atoms with E-state index in [-0.39, 0.29) is 12.6 Å². The summed E-state index contributed by atoms with van der Waals surface area (Å²) in [5.41, 5.74) is 0.795. The van der Waals surface area contributed by atoms with Crippen molar-refractivity contribution in [1.29, 1.82) is 0 Å². The number of nitrogens with zero attached hydrogens (tertiary/aromatic N) is 1. The SMILES string of the molecule is CCCCCCCCCCCCNC(=O)N(CCCCCCCCCCCC)[C@@H]1O[C@H](CO)[C@@H](O)[C@H](O)[C@H]1NC(=O)OCc1ccccc1. The maximum Gasteiger partial charge on any atom is 0.407 e. The highest BCUT2D eigenvalue weighted by molar-refractivity contribution is 5.75. The van der Waals surface area contributed by atoms with Gasteiger partial charge in [0.05, 0.1) is 6.61 Å². The first-order valence-corrected chi connectivity index (χ1v) is 19.6. The number of hydrogen-bond donors (Lipinski definition) is 5. The number of carbonyl (C=O) groups excluding carboxylic acids is 2. The van der Waals surface area contributed by atoms with Gasteiger partial charge in [-0.3, -0.25) is 4.90 Å². The first-order valence-electron chi connectivity index (χ1n) is 19.6. The van der Waals surface area contributed by atoms with Crippen molar-refractivity contribution < 1.29 is 34.4 Å². The van der Waals surface area contributed by atoms with Gasteiger partial charge >= 0.3 is 12.1 Å². The Kier molecular flexibility index (Phi) is 23.9. The predicted molar refractivity (Wildman–Crippen MR) is 195 cm³/mol. The van der Waals surface area contributed by atoms with Crippen molar-refractivity contribution in [2.75, 3.05) is 19.7 Å². The van der Waals surface area contributed by atoms with Crippen LogP contribution in [0.2, 0.25) is 0 Å². The Bertz CT molecular complexity index is 969. The van der Waals surface area contributed by atoms with Crippen molar-refractivity contribution in [2.24, 2.45) is 0 Å². The summed E-state index contributed by atoms with van der Waals surface area (Å²) in [5.74, 6) is 0. The summed E-state index contributed by atoms with van der Waals surface area (Å²) >= 11 is 0. The van der Waals surface area contributed by atoms with Crippen LogP contribution >= 0.6 is 0 Å². The van der Waals surface area contributed by atoms with Gasteiger partial charge in [0.1, 0.15) is 31.0 Å². The van der Waals surface area contributed by atoms with E-state index in [0.29, 0.717) is 13.1 Å². The van der Waals surface area contributed by atoms with Crippen LogP contribution < -0.4 is 10.6 Å². The summed E-state index contributed by atoms with van der Waals surface area (Å²) in [6.45, 7) is 4.77. The Morgan fingerprint density at radius 2 is 1.24 bits per heavy atom. The molecule has 0 spiro atoms. The number of hydrogen-bond acceptors (Lipinski definition) is 7. The van der Waals surface area contributed by atoms with Crippen LogP contribution in [0.15, 0.2) is 30.3 Å². The summed E-state index contributed by atoms with van der Waals surface area (Å²) in [5, 5.41) is 37.5. The smallest absolute Gasteiger partial charge is 0.407 e. The average molecular weight is 692 g/mol. The zero-order valence-corrected chi connectivity index (χ0v) is 30.7. The van der Waals surface area contributed by atoms with Gasteiger partial charge in [-0.1, -0.05) is 160 Å². The Morgan fingerprint density at radius 1 is 0.735 bits per heavy atom. The molecule has 2 rings (SSSR count). The van der Waals surface area contributed by atoms with E-state index in [4.69, 9.17) is 9.47 Å². The largest absolute Gasteiger partial charge is 0.445 e. The Morgan fingerprint density at radius 3 is 1.78 bits per heavy atom. The maximum atomic E-state index is 13.7. The molecular formula is C39H69N3O7. The van der Waals surface area contributed by atoms with Crippen LogP contribution in [0.1, 0.15) is 148 Å². The molecule has 3 amide bonds. The lowest BCUT2D eigenvalue weighted by atomic mass is 9.95. The summed E-state index contributed by atoms with van der Waals surface area (Å²) in [7, 11) is 0. The van der Waals surface area contributed by atoms with E-state index in [9.17, 15) is 24.9 Å². The number of amides is 3. The van der Waals surface area contributed by atoms with Crippen LogP contribution in [0.5, 0.6) is 0 Å². The van der Waals surface area contributed by atoms with Gasteiger partial charge in [-0.05, 0) is 18.4 Å². The summed E-state index contributed by atoms with van der Waals surface area (Å²) in [6.07, 6.45) is 17.4. The zero-order valence-electron chi connectivity index (χ0n) is 30.7. The lowest BCUT2D eigenvalue weighted by Crippen LogP contribution is -2.69. The molecule has 1 heterocycles. The summed E-state index contributed by atoms with van der Waals surface area (Å²) < 4.78 is 11.5. The average Bonchev–Trinajstić information content (AvgIpc) is 3.11. The topological polar surface area (TPSA) is 141 Å². The Hall–Kier alpha value is -2.40. The Labute approximate surface area is 296 Å². The number of rotatable bonds is 27. The monoisotopic (exact) mass is 692 g/mol. The lowest BCUT2D eigenvalue weighted by Gasteiger charge is -2.46. The number of nitrogens with one attached hydrogen (secondary N) is 2. The van der Waals surface area contributed by atoms with Gasteiger partial charge in [-0.15, -0.1) is 0 Å². The number of benzene rings is 1. The third-order valence-corrected chi connectivity index (χ3v) is 9.52. The molecule has 0 aromatic heterocycles. The normalized spacial score (nSPS) is 20.6. The third-order valence-electron chi connectivity index (χ3n) is 9.52. The van der Waals surface area contributed by atoms with E-state index in [1.54, 1.807) is 0 Å². The van der Waals surface area contributed by atoms with Gasteiger partial charge in [-0.2, -0.15) is 0 Å². The standard InChI is InChI=1S/C39H69N3O7/c1-3-5-7-9-11-13-15-17-19-24-28-40-38(46)42(29-25-20-18-16-14-12-10-8-6-4-2)37-34(36(45)35(44)33(30-43)49-37)41-39(47)48-31-32-26-22-21-23-27-32/h21-23,26-27,33-37,43-45H,3-20,24-25,28-31H2,1-2H3,(H,40,46)(H,41,47)/t33-,34-,35-,36-,37-/m1/s1. The first-order chi connectivity index (χ1) is 23.9. The van der Waals surface area contributed by atoms with Crippen LogP contribution in [-0.4, -0.2) is 82.6 Å². The molecule has 5 N–H and O–H groups in total. The number of aliphatic hydroxyl groups is 3. The maximum absolute atomic E-state index is 13.7. The Balaban J connectivity index is 1.99. The van der Waals surface area contributed by atoms with Gasteiger partial charge in [-0.25, -0.2) is 9.59 Å². The van der Waals surface area contributed by atoms with Gasteiger partial charge in [0.25, 0.3) is 0 Å². The number of ether oxygens (including phenoxy) is 2. The second kappa shape index (κ2) is 27.3. The fourth-order valence-corrected chi connectivity index (χ4v) is 6.44. The number of alkyl carbamates (subject to hydrolysis) is 1. The molecule has 49 heavy (non-hydrogen) atoms. The van der Waals surface area contributed by atoms with Crippen LogP contribution in [0.4, 0.5) is 9.59 Å². The molecule has 0 bridgehead atoms. The highest BCUT2D eigenvalue weighted by Crippen LogP contribution is 2.25. The first kappa shape index (κ1) is 42.8. The minimum atomic E-state index is -1.50. The highest BCUT2D eigenvalue weighted by Gasteiger charge is 2.48. The van der Waals surface area contributed by atoms with E-state index in [1.165, 1.54) is 88.4 Å². The molecular weight excluding hydrogens is 622 g/mol. The molecule has 282 valence electrons. The van der Waals surface area contributed by atoms with Gasteiger partial charge in [0, 0.05) is 13.1 Å². The van der Waals surface area contributed by atoms with E-state index >= 15 is 0 Å². The lowest BCUT2D eigenvalue weighted by molar-refractivity contribution is -0.222. The van der Waals surface area contributed by atoms with E-state index in [1.807, 2.05) is 30.3 Å². The molecule has 1 aromatic rings. The molecule has 1 saturated heterocycles. The highest BCUT2D eigenvalue weighted by atomic mass is 16.6. The second-order valence-electron chi connectivity index (χ2n) is 13.7. The van der Waals surface area contributed by atoms with Crippen molar-refractivity contribution in [3.63, 3.8) is 0 Å². The minimum absolute atomic E-state index is 0.0183. The molecule has 0 saturated carbocycles. The van der Waals surface area contributed by atoms with Crippen molar-refractivity contribution >= 4 is 12.1 Å². The van der Waals surface area contributed by atoms with Gasteiger partial charge in [0.15, 0.2) is 6.23 Å². The van der Waals surface area contributed by atoms with Crippen LogP contribution in [0.25, 0.3) is 0 Å². The molecule has 0 unspecified atom stereocenters. The molecule has 10 nitrogen and oxygen atoms in total. The quantitative estimate of drug-likeness (QED) is 0.0600. The molecule has 0 radical (unpaired) electrons. The van der Waals surface area contributed by atoms with Crippen LogP contribution in [0, 0.1) is 0 Å². The summed E-state index contributed by atoms with van der Waals surface area (Å²) in [4.78, 5) is 28.1. The molecule has 5 atom stereocenters. The van der Waals surface area contributed by atoms with Gasteiger partial charge in [0.2, 0.25) is 0 Å². The van der Waals surface area contributed by atoms with Crippen molar-refractivity contribution in [2.45, 2.75) is 179 Å². The van der Waals surface area contributed by atoms with E-state index in [0.717, 1.165) is 50.5 Å². The molecule has 0 aliphatic carbocycles. The molecule has 1 aliphatic rings. The zero-order chi connectivity index (χ0) is 35.5. The van der Waals surface area contributed by atoms with E-state index < -0.39 is 43.3 Å². The second-order valence-corrected chi connectivity index (χ2v) is 13.7. The van der Waals surface area contributed by atoms with Crippen LogP contribution in [-0.2, 0) is 16.1 Å². The fraction of sp³-hybridized carbons (Fsp3) is 0.795. The van der Waals surface area contributed by atoms with Crippen molar-refractivity contribution in [3.05, 3.63) is 35.9 Å². The molecule has 10 heteroatoms. The van der Waals surface area contributed by atoms with Crippen molar-refractivity contribution in [3.8, 4) is 0 Å². The molecule has 1 fully saturated rings. The number of unbranched alkanes of at least 4 members (excludes halogenated alkanes) is 18. The number of urea groups is 1. The van der Waals surface area contributed by atoms with Crippen LogP contribution in [0.3, 0.4) is 0 Å².